The molecule has 8 heteroatoms. The highest BCUT2D eigenvalue weighted by molar-refractivity contribution is 6.01. The minimum atomic E-state index is -0.649. The minimum absolute atomic E-state index is 0.172. The summed E-state index contributed by atoms with van der Waals surface area (Å²) in [6.45, 7) is 1.84. The van der Waals surface area contributed by atoms with Crippen molar-refractivity contribution < 1.29 is 14.1 Å². The van der Waals surface area contributed by atoms with Crippen LogP contribution in [0.2, 0.25) is 0 Å². The van der Waals surface area contributed by atoms with Gasteiger partial charge >= 0.3 is 5.88 Å². The highest BCUT2D eigenvalue weighted by atomic mass is 16.6. The van der Waals surface area contributed by atoms with E-state index in [1.54, 1.807) is 0 Å². The van der Waals surface area contributed by atoms with Crippen molar-refractivity contribution in [1.29, 1.82) is 0 Å². The average Bonchev–Trinajstić information content (AvgIpc) is 3.13. The maximum Gasteiger partial charge on any atom is 0.433 e. The van der Waals surface area contributed by atoms with Gasteiger partial charge in [0.25, 0.3) is 5.91 Å². The predicted octanol–water partition coefficient (Wildman–Crippen LogP) is 2.74. The number of nitro groups is 1. The zero-order chi connectivity index (χ0) is 16.4. The molecule has 3 aromatic rings. The highest BCUT2D eigenvalue weighted by Crippen LogP contribution is 2.21. The van der Waals surface area contributed by atoms with E-state index in [0.29, 0.717) is 5.69 Å². The summed E-state index contributed by atoms with van der Waals surface area (Å²) in [7, 11) is 0. The minimum Gasteiger partial charge on any atom is -0.400 e. The van der Waals surface area contributed by atoms with Crippen LogP contribution in [0, 0.1) is 17.0 Å². The molecular formula is C15H12N4O4. The average molecular weight is 312 g/mol. The van der Waals surface area contributed by atoms with Crippen LogP contribution in [0.5, 0.6) is 0 Å². The Labute approximate surface area is 129 Å². The molecule has 2 heterocycles. The predicted molar refractivity (Wildman–Crippen MR) is 83.5 cm³/mol. The summed E-state index contributed by atoms with van der Waals surface area (Å²) in [5.74, 6) is -0.620. The van der Waals surface area contributed by atoms with E-state index in [9.17, 15) is 14.9 Å². The SMILES string of the molecule is Cc1c(C(=O)N/N=C\c2ccc([N+](=O)[O-])o2)[nH]c2ccccc12. The van der Waals surface area contributed by atoms with Gasteiger partial charge in [-0.2, -0.15) is 5.10 Å². The van der Waals surface area contributed by atoms with Gasteiger partial charge in [0.1, 0.15) is 10.6 Å². The number of carbonyl (C=O) groups excluding carboxylic acids is 1. The zero-order valence-electron chi connectivity index (χ0n) is 12.1. The number of H-pyrrole nitrogens is 1. The molecule has 0 aliphatic carbocycles. The number of hydrogen-bond donors (Lipinski definition) is 2. The first-order chi connectivity index (χ1) is 11.1. The summed E-state index contributed by atoms with van der Waals surface area (Å²) >= 11 is 0. The molecule has 0 bridgehead atoms. The molecule has 0 radical (unpaired) electrons. The lowest BCUT2D eigenvalue weighted by molar-refractivity contribution is -0.402. The van der Waals surface area contributed by atoms with Crippen LogP contribution in [0.4, 0.5) is 5.88 Å². The molecule has 0 saturated heterocycles. The number of fused-ring (bicyclic) bond motifs is 1. The lowest BCUT2D eigenvalue weighted by Crippen LogP contribution is -2.18. The largest absolute Gasteiger partial charge is 0.433 e. The van der Waals surface area contributed by atoms with Gasteiger partial charge in [0.2, 0.25) is 0 Å². The number of amides is 1. The van der Waals surface area contributed by atoms with Crippen LogP contribution in [-0.4, -0.2) is 22.0 Å². The third-order valence-corrected chi connectivity index (χ3v) is 3.34. The quantitative estimate of drug-likeness (QED) is 0.438. The second-order valence-corrected chi connectivity index (χ2v) is 4.80. The molecule has 0 spiro atoms. The Morgan fingerprint density at radius 1 is 1.35 bits per heavy atom. The maximum atomic E-state index is 12.1. The molecule has 23 heavy (non-hydrogen) atoms. The monoisotopic (exact) mass is 312 g/mol. The van der Waals surface area contributed by atoms with Gasteiger partial charge in [-0.05, 0) is 24.6 Å². The summed E-state index contributed by atoms with van der Waals surface area (Å²) in [6.07, 6.45) is 1.20. The number of hydrogen-bond acceptors (Lipinski definition) is 5. The van der Waals surface area contributed by atoms with Crippen molar-refractivity contribution in [3.05, 3.63) is 63.5 Å². The number of aryl methyl sites for hydroxylation is 1. The van der Waals surface area contributed by atoms with E-state index in [1.807, 2.05) is 31.2 Å². The molecule has 0 atom stereocenters. The smallest absolute Gasteiger partial charge is 0.400 e. The number of carbonyl (C=O) groups is 1. The second kappa shape index (κ2) is 5.76. The van der Waals surface area contributed by atoms with Crippen molar-refractivity contribution in [3.8, 4) is 0 Å². The Balaban J connectivity index is 1.74. The van der Waals surface area contributed by atoms with Gasteiger partial charge in [-0.15, -0.1) is 0 Å². The highest BCUT2D eigenvalue weighted by Gasteiger charge is 2.14. The number of hydrazone groups is 1. The number of nitrogens with zero attached hydrogens (tertiary/aromatic N) is 2. The molecule has 116 valence electrons. The van der Waals surface area contributed by atoms with Crippen LogP contribution >= 0.6 is 0 Å². The van der Waals surface area contributed by atoms with E-state index in [-0.39, 0.29) is 11.6 Å². The van der Waals surface area contributed by atoms with Crippen molar-refractivity contribution in [2.24, 2.45) is 5.10 Å². The number of aromatic amines is 1. The normalized spacial score (nSPS) is 11.2. The Hall–Kier alpha value is -3.42. The molecular weight excluding hydrogens is 300 g/mol. The second-order valence-electron chi connectivity index (χ2n) is 4.80. The summed E-state index contributed by atoms with van der Waals surface area (Å²) in [5.41, 5.74) is 4.45. The molecule has 0 fully saturated rings. The summed E-state index contributed by atoms with van der Waals surface area (Å²) < 4.78 is 4.90. The maximum absolute atomic E-state index is 12.1. The van der Waals surface area contributed by atoms with E-state index >= 15 is 0 Å². The molecule has 3 rings (SSSR count). The van der Waals surface area contributed by atoms with E-state index in [0.717, 1.165) is 16.5 Å². The standard InChI is InChI=1S/C15H12N4O4/c1-9-11-4-2-3-5-12(11)17-14(9)15(20)18-16-8-10-6-7-13(23-10)19(21)22/h2-8,17H,1H3,(H,18,20)/b16-8-. The van der Waals surface area contributed by atoms with E-state index in [1.165, 1.54) is 18.3 Å². The van der Waals surface area contributed by atoms with Gasteiger partial charge in [0, 0.05) is 10.9 Å². The number of nitrogens with one attached hydrogen (secondary N) is 2. The molecule has 8 nitrogen and oxygen atoms in total. The van der Waals surface area contributed by atoms with Crippen molar-refractivity contribution in [1.82, 2.24) is 10.4 Å². The van der Waals surface area contributed by atoms with Gasteiger partial charge in [0.05, 0.1) is 12.3 Å². The Bertz CT molecular complexity index is 923. The van der Waals surface area contributed by atoms with Crippen LogP contribution < -0.4 is 5.43 Å². The van der Waals surface area contributed by atoms with Crippen molar-refractivity contribution in [3.63, 3.8) is 0 Å². The first kappa shape index (κ1) is 14.5. The van der Waals surface area contributed by atoms with Gasteiger partial charge in [-0.3, -0.25) is 14.9 Å². The Morgan fingerprint density at radius 2 is 2.13 bits per heavy atom. The van der Waals surface area contributed by atoms with Crippen LogP contribution in [0.15, 0.2) is 45.9 Å². The molecule has 0 unspecified atom stereocenters. The molecule has 0 saturated carbocycles. The van der Waals surface area contributed by atoms with Gasteiger partial charge in [-0.1, -0.05) is 18.2 Å². The summed E-state index contributed by atoms with van der Waals surface area (Å²) in [5, 5.41) is 15.2. The fraction of sp³-hybridized carbons (Fsp3) is 0.0667. The van der Waals surface area contributed by atoms with Crippen LogP contribution in [0.3, 0.4) is 0 Å². The van der Waals surface area contributed by atoms with Crippen molar-refractivity contribution >= 4 is 28.9 Å². The van der Waals surface area contributed by atoms with Gasteiger partial charge in [0.15, 0.2) is 5.76 Å². The van der Waals surface area contributed by atoms with E-state index < -0.39 is 10.8 Å². The van der Waals surface area contributed by atoms with Crippen molar-refractivity contribution in [2.75, 3.05) is 0 Å². The fourth-order valence-corrected chi connectivity index (χ4v) is 2.23. The number of para-hydroxylation sites is 1. The van der Waals surface area contributed by atoms with Crippen molar-refractivity contribution in [2.45, 2.75) is 6.92 Å². The molecule has 0 aliphatic rings. The molecule has 1 aromatic carbocycles. The Morgan fingerprint density at radius 3 is 2.83 bits per heavy atom. The summed E-state index contributed by atoms with van der Waals surface area (Å²) in [6, 6.07) is 10.2. The van der Waals surface area contributed by atoms with E-state index in [2.05, 4.69) is 15.5 Å². The zero-order valence-corrected chi connectivity index (χ0v) is 12.1. The number of aromatic nitrogens is 1. The van der Waals surface area contributed by atoms with Crippen LogP contribution in [0.1, 0.15) is 21.8 Å². The number of rotatable bonds is 4. The van der Waals surface area contributed by atoms with Gasteiger partial charge in [-0.25, -0.2) is 5.43 Å². The molecule has 2 aromatic heterocycles. The lowest BCUT2D eigenvalue weighted by atomic mass is 10.1. The third kappa shape index (κ3) is 2.82. The lowest BCUT2D eigenvalue weighted by Gasteiger charge is -1.97. The first-order valence-corrected chi connectivity index (χ1v) is 6.71. The van der Waals surface area contributed by atoms with E-state index in [4.69, 9.17) is 4.42 Å². The molecule has 1 amide bonds. The topological polar surface area (TPSA) is 114 Å². The molecule has 0 aliphatic heterocycles. The number of benzene rings is 1. The summed E-state index contributed by atoms with van der Waals surface area (Å²) in [4.78, 5) is 25.0. The Kier molecular flexibility index (Phi) is 3.63. The van der Waals surface area contributed by atoms with Crippen LogP contribution in [0.25, 0.3) is 10.9 Å². The fourth-order valence-electron chi connectivity index (χ4n) is 2.23. The van der Waals surface area contributed by atoms with Crippen LogP contribution in [-0.2, 0) is 0 Å². The molecule has 2 N–H and O–H groups in total. The van der Waals surface area contributed by atoms with Gasteiger partial charge < -0.3 is 9.40 Å². The third-order valence-electron chi connectivity index (χ3n) is 3.34. The number of furan rings is 1. The first-order valence-electron chi connectivity index (χ1n) is 6.71.